The van der Waals surface area contributed by atoms with Gasteiger partial charge in [-0.25, -0.2) is 0 Å². The summed E-state index contributed by atoms with van der Waals surface area (Å²) in [4.78, 5) is 22.6. The molecule has 1 aromatic heterocycles. The van der Waals surface area contributed by atoms with Crippen LogP contribution in [-0.4, -0.2) is 27.8 Å². The summed E-state index contributed by atoms with van der Waals surface area (Å²) in [6.45, 7) is 1.83. The van der Waals surface area contributed by atoms with Crippen molar-refractivity contribution in [1.29, 1.82) is 0 Å². The van der Waals surface area contributed by atoms with Crippen molar-refractivity contribution in [2.24, 2.45) is 0 Å². The number of thioether (sulfide) groups is 1. The van der Waals surface area contributed by atoms with Crippen LogP contribution in [0, 0.1) is 6.92 Å². The van der Waals surface area contributed by atoms with Gasteiger partial charge in [-0.2, -0.15) is 0 Å². The van der Waals surface area contributed by atoms with Crippen LogP contribution in [0.15, 0.2) is 22.5 Å². The first kappa shape index (κ1) is 15.7. The maximum absolute atomic E-state index is 11.8. The van der Waals surface area contributed by atoms with Gasteiger partial charge in [0.2, 0.25) is 5.91 Å². The molecule has 21 heavy (non-hydrogen) atoms. The van der Waals surface area contributed by atoms with E-state index in [2.05, 4.69) is 15.5 Å². The number of carbonyl (C=O) groups excluding carboxylic acids is 2. The van der Waals surface area contributed by atoms with Gasteiger partial charge in [-0.15, -0.1) is 10.2 Å². The Balaban J connectivity index is 1.96. The van der Waals surface area contributed by atoms with Gasteiger partial charge < -0.3 is 15.2 Å². The van der Waals surface area contributed by atoms with E-state index in [0.29, 0.717) is 10.0 Å². The molecule has 0 aliphatic heterocycles. The zero-order valence-corrected chi connectivity index (χ0v) is 13.1. The number of aromatic carboxylic acids is 1. The predicted octanol–water partition coefficient (Wildman–Crippen LogP) is 1.59. The van der Waals surface area contributed by atoms with Gasteiger partial charge in [0.15, 0.2) is 4.34 Å². The number of carboxylic acid groups (broad SMARTS) is 1. The highest BCUT2D eigenvalue weighted by Gasteiger charge is 2.09. The van der Waals surface area contributed by atoms with E-state index in [1.807, 2.05) is 6.92 Å². The standard InChI is InChI=1S/C12H10ClN3O3S2/c1-6-15-16-12(21-6)20-5-10(17)14-7-2-3-9(13)8(4-7)11(18)19/h2-4H,5H2,1H3,(H,14,17)(H,18,19)/p-1. The first-order chi connectivity index (χ1) is 9.95. The number of nitrogens with zero attached hydrogens (tertiary/aromatic N) is 2. The monoisotopic (exact) mass is 342 g/mol. The number of carboxylic acids is 1. The predicted molar refractivity (Wildman–Crippen MR) is 79.8 cm³/mol. The molecular weight excluding hydrogens is 334 g/mol. The summed E-state index contributed by atoms with van der Waals surface area (Å²) in [5.74, 6) is -1.52. The molecule has 0 spiro atoms. The molecule has 2 aromatic rings. The van der Waals surface area contributed by atoms with E-state index in [-0.39, 0.29) is 22.2 Å². The molecule has 0 aliphatic rings. The van der Waals surface area contributed by atoms with E-state index < -0.39 is 5.97 Å². The Bertz CT molecular complexity index is 690. The summed E-state index contributed by atoms with van der Waals surface area (Å²) >= 11 is 8.38. The fourth-order valence-corrected chi connectivity index (χ4v) is 3.23. The van der Waals surface area contributed by atoms with Crippen molar-refractivity contribution < 1.29 is 14.7 Å². The van der Waals surface area contributed by atoms with E-state index >= 15 is 0 Å². The zero-order chi connectivity index (χ0) is 15.4. The molecule has 1 heterocycles. The Morgan fingerprint density at radius 3 is 2.81 bits per heavy atom. The van der Waals surface area contributed by atoms with Crippen LogP contribution in [-0.2, 0) is 4.79 Å². The summed E-state index contributed by atoms with van der Waals surface area (Å²) in [6, 6.07) is 4.17. The molecule has 0 atom stereocenters. The van der Waals surface area contributed by atoms with Crippen LogP contribution in [0.1, 0.15) is 15.4 Å². The number of halogens is 1. The normalized spacial score (nSPS) is 10.4. The lowest BCUT2D eigenvalue weighted by Gasteiger charge is -2.09. The number of benzene rings is 1. The summed E-state index contributed by atoms with van der Waals surface area (Å²) in [6.07, 6.45) is 0. The van der Waals surface area contributed by atoms with Crippen molar-refractivity contribution in [3.8, 4) is 0 Å². The number of amides is 1. The second kappa shape index (κ2) is 6.88. The number of aromatic nitrogens is 2. The Labute approximate surface area is 133 Å². The minimum Gasteiger partial charge on any atom is -0.545 e. The second-order valence-electron chi connectivity index (χ2n) is 3.91. The lowest BCUT2D eigenvalue weighted by molar-refractivity contribution is -0.255. The van der Waals surface area contributed by atoms with E-state index in [0.717, 1.165) is 5.01 Å². The van der Waals surface area contributed by atoms with Gasteiger partial charge >= 0.3 is 0 Å². The molecule has 1 N–H and O–H groups in total. The van der Waals surface area contributed by atoms with Crippen molar-refractivity contribution >= 4 is 52.3 Å². The SMILES string of the molecule is Cc1nnc(SCC(=O)Nc2ccc(Cl)c(C(=O)[O-])c2)s1. The van der Waals surface area contributed by atoms with Gasteiger partial charge in [-0.3, -0.25) is 4.79 Å². The van der Waals surface area contributed by atoms with Gasteiger partial charge in [0.05, 0.1) is 11.7 Å². The quantitative estimate of drug-likeness (QED) is 0.829. The maximum Gasteiger partial charge on any atom is 0.234 e. The van der Waals surface area contributed by atoms with Crippen molar-refractivity contribution in [2.75, 3.05) is 11.1 Å². The molecule has 0 saturated heterocycles. The van der Waals surface area contributed by atoms with Crippen LogP contribution in [0.25, 0.3) is 0 Å². The van der Waals surface area contributed by atoms with Crippen molar-refractivity contribution in [1.82, 2.24) is 10.2 Å². The molecule has 2 rings (SSSR count). The van der Waals surface area contributed by atoms with Crippen molar-refractivity contribution in [3.05, 3.63) is 33.8 Å². The molecule has 0 radical (unpaired) electrons. The summed E-state index contributed by atoms with van der Waals surface area (Å²) in [5, 5.41) is 22.1. The average Bonchev–Trinajstić information content (AvgIpc) is 2.84. The molecular formula is C12H9ClN3O3S2-. The molecule has 0 unspecified atom stereocenters. The number of hydrogen-bond donors (Lipinski definition) is 1. The number of nitrogens with one attached hydrogen (secondary N) is 1. The largest absolute Gasteiger partial charge is 0.545 e. The minimum absolute atomic E-state index is 0.0618. The molecule has 0 bridgehead atoms. The molecule has 9 heteroatoms. The third-order valence-corrected chi connectivity index (χ3v) is 4.61. The Morgan fingerprint density at radius 1 is 1.43 bits per heavy atom. The van der Waals surface area contributed by atoms with E-state index in [4.69, 9.17) is 11.6 Å². The highest BCUT2D eigenvalue weighted by atomic mass is 35.5. The molecule has 1 amide bonds. The van der Waals surface area contributed by atoms with Gasteiger partial charge in [0.25, 0.3) is 0 Å². The lowest BCUT2D eigenvalue weighted by atomic mass is 10.2. The summed E-state index contributed by atoms with van der Waals surface area (Å²) < 4.78 is 0.703. The molecule has 6 nitrogen and oxygen atoms in total. The summed E-state index contributed by atoms with van der Waals surface area (Å²) in [5.41, 5.74) is 0.180. The van der Waals surface area contributed by atoms with Crippen molar-refractivity contribution in [2.45, 2.75) is 11.3 Å². The van der Waals surface area contributed by atoms with Gasteiger partial charge in [-0.1, -0.05) is 34.7 Å². The van der Waals surface area contributed by atoms with Crippen LogP contribution in [0.5, 0.6) is 0 Å². The van der Waals surface area contributed by atoms with E-state index in [1.165, 1.54) is 41.3 Å². The fraction of sp³-hybridized carbons (Fsp3) is 0.167. The first-order valence-electron chi connectivity index (χ1n) is 5.69. The molecule has 0 aliphatic carbocycles. The molecule has 0 fully saturated rings. The lowest BCUT2D eigenvalue weighted by Crippen LogP contribution is -2.23. The Kier molecular flexibility index (Phi) is 5.16. The topological polar surface area (TPSA) is 95.0 Å². The Morgan fingerprint density at radius 2 is 2.19 bits per heavy atom. The van der Waals surface area contributed by atoms with E-state index in [9.17, 15) is 14.7 Å². The first-order valence-corrected chi connectivity index (χ1v) is 7.87. The number of anilines is 1. The van der Waals surface area contributed by atoms with Crippen LogP contribution in [0.3, 0.4) is 0 Å². The third kappa shape index (κ3) is 4.42. The number of hydrogen-bond acceptors (Lipinski definition) is 7. The minimum atomic E-state index is -1.39. The molecule has 110 valence electrons. The van der Waals surface area contributed by atoms with Crippen LogP contribution >= 0.6 is 34.7 Å². The zero-order valence-electron chi connectivity index (χ0n) is 10.8. The average molecular weight is 343 g/mol. The number of carbonyl (C=O) groups is 2. The Hall–Kier alpha value is -1.64. The highest BCUT2D eigenvalue weighted by molar-refractivity contribution is 8.01. The van der Waals surface area contributed by atoms with Crippen LogP contribution in [0.4, 0.5) is 5.69 Å². The van der Waals surface area contributed by atoms with Crippen LogP contribution < -0.4 is 10.4 Å². The second-order valence-corrected chi connectivity index (χ2v) is 6.72. The molecule has 0 saturated carbocycles. The van der Waals surface area contributed by atoms with Crippen molar-refractivity contribution in [3.63, 3.8) is 0 Å². The molecule has 1 aromatic carbocycles. The smallest absolute Gasteiger partial charge is 0.234 e. The van der Waals surface area contributed by atoms with Gasteiger partial charge in [-0.05, 0) is 25.1 Å². The summed E-state index contributed by atoms with van der Waals surface area (Å²) in [7, 11) is 0. The number of aryl methyl sites for hydroxylation is 1. The number of rotatable bonds is 5. The van der Waals surface area contributed by atoms with Gasteiger partial charge in [0, 0.05) is 16.3 Å². The van der Waals surface area contributed by atoms with E-state index in [1.54, 1.807) is 0 Å². The van der Waals surface area contributed by atoms with Gasteiger partial charge in [0.1, 0.15) is 5.01 Å². The van der Waals surface area contributed by atoms with Crippen LogP contribution in [0.2, 0.25) is 5.02 Å². The third-order valence-electron chi connectivity index (χ3n) is 2.30. The highest BCUT2D eigenvalue weighted by Crippen LogP contribution is 2.23. The maximum atomic E-state index is 11.8. The fourth-order valence-electron chi connectivity index (χ4n) is 1.42.